The van der Waals surface area contributed by atoms with Gasteiger partial charge in [-0.2, -0.15) is 0 Å². The summed E-state index contributed by atoms with van der Waals surface area (Å²) in [5.41, 5.74) is 2.42. The van der Waals surface area contributed by atoms with Crippen molar-refractivity contribution in [3.05, 3.63) is 65.2 Å². The summed E-state index contributed by atoms with van der Waals surface area (Å²) in [7, 11) is 0. The van der Waals surface area contributed by atoms with Crippen LogP contribution in [0.5, 0.6) is 5.75 Å². The molecular formula is C20H23NO4. The largest absolute Gasteiger partial charge is 0.463 e. The van der Waals surface area contributed by atoms with Crippen molar-refractivity contribution in [2.24, 2.45) is 0 Å². The van der Waals surface area contributed by atoms with Crippen LogP contribution in [-0.2, 0) is 11.3 Å². The number of ketones is 1. The van der Waals surface area contributed by atoms with Gasteiger partial charge in [-0.1, -0.05) is 30.3 Å². The maximum atomic E-state index is 12.5. The molecule has 3 rings (SSSR count). The maximum absolute atomic E-state index is 12.5. The Labute approximate surface area is 147 Å². The summed E-state index contributed by atoms with van der Waals surface area (Å²) in [6, 6.07) is 14.7. The van der Waals surface area contributed by atoms with Crippen LogP contribution in [0.2, 0.25) is 0 Å². The highest BCUT2D eigenvalue weighted by Crippen LogP contribution is 2.31. The maximum Gasteiger partial charge on any atom is 0.205 e. The number of hydrogen-bond acceptors (Lipinski definition) is 5. The Morgan fingerprint density at radius 2 is 2.00 bits per heavy atom. The van der Waals surface area contributed by atoms with E-state index >= 15 is 0 Å². The average Bonchev–Trinajstić information content (AvgIpc) is 2.62. The number of aliphatic hydroxyl groups excluding tert-OH is 1. The van der Waals surface area contributed by atoms with Crippen LogP contribution in [0.3, 0.4) is 0 Å². The second-order valence-electron chi connectivity index (χ2n) is 6.56. The van der Waals surface area contributed by atoms with E-state index in [0.29, 0.717) is 12.2 Å². The lowest BCUT2D eigenvalue weighted by atomic mass is 10.0. The molecule has 0 fully saturated rings. The third-order valence-electron chi connectivity index (χ3n) is 4.21. The van der Waals surface area contributed by atoms with Gasteiger partial charge >= 0.3 is 0 Å². The average molecular weight is 341 g/mol. The van der Waals surface area contributed by atoms with Gasteiger partial charge in [0.05, 0.1) is 25.8 Å². The van der Waals surface area contributed by atoms with Gasteiger partial charge in [-0.25, -0.2) is 0 Å². The SMILES string of the molecule is CC1(C)OCc2cc(C(=O)CN[C@@H](CO)c3ccccc3)ccc2O1. The third-order valence-corrected chi connectivity index (χ3v) is 4.21. The van der Waals surface area contributed by atoms with Crippen molar-refractivity contribution in [3.63, 3.8) is 0 Å². The Hall–Kier alpha value is -2.21. The zero-order valence-electron chi connectivity index (χ0n) is 14.5. The van der Waals surface area contributed by atoms with Gasteiger partial charge in [0.2, 0.25) is 5.79 Å². The van der Waals surface area contributed by atoms with E-state index in [0.717, 1.165) is 16.9 Å². The summed E-state index contributed by atoms with van der Waals surface area (Å²) >= 11 is 0. The van der Waals surface area contributed by atoms with E-state index in [1.165, 1.54) is 0 Å². The first-order chi connectivity index (χ1) is 12.0. The van der Waals surface area contributed by atoms with Gasteiger partial charge in [0, 0.05) is 25.0 Å². The van der Waals surface area contributed by atoms with Crippen LogP contribution in [0, 0.1) is 0 Å². The molecule has 1 atom stereocenters. The molecule has 0 saturated carbocycles. The molecule has 2 aromatic carbocycles. The molecule has 25 heavy (non-hydrogen) atoms. The van der Waals surface area contributed by atoms with Gasteiger partial charge in [-0.15, -0.1) is 0 Å². The van der Waals surface area contributed by atoms with Crippen molar-refractivity contribution >= 4 is 5.78 Å². The first-order valence-electron chi connectivity index (χ1n) is 8.37. The minimum atomic E-state index is -0.649. The summed E-state index contributed by atoms with van der Waals surface area (Å²) in [5.74, 6) is 0.0599. The lowest BCUT2D eigenvalue weighted by Crippen LogP contribution is -2.35. The van der Waals surface area contributed by atoms with Gasteiger partial charge in [-0.05, 0) is 23.8 Å². The van der Waals surface area contributed by atoms with Crippen LogP contribution in [0.25, 0.3) is 0 Å². The van der Waals surface area contributed by atoms with Crippen LogP contribution in [0.1, 0.15) is 41.4 Å². The number of benzene rings is 2. The molecule has 5 heteroatoms. The Kier molecular flexibility index (Phi) is 5.18. The van der Waals surface area contributed by atoms with Gasteiger partial charge in [0.25, 0.3) is 0 Å². The highest BCUT2D eigenvalue weighted by atomic mass is 16.7. The minimum Gasteiger partial charge on any atom is -0.463 e. The molecule has 2 aromatic rings. The lowest BCUT2D eigenvalue weighted by molar-refractivity contribution is -0.180. The standard InChI is InChI=1S/C20H23NO4/c1-20(2)24-13-16-10-15(8-9-19(16)25-20)18(23)11-21-17(12-22)14-6-4-3-5-7-14/h3-10,17,21-22H,11-13H2,1-2H3/t17-/m0/s1. The van der Waals surface area contributed by atoms with Crippen molar-refractivity contribution in [2.75, 3.05) is 13.2 Å². The van der Waals surface area contributed by atoms with Crippen molar-refractivity contribution in [3.8, 4) is 5.75 Å². The molecule has 132 valence electrons. The van der Waals surface area contributed by atoms with Crippen LogP contribution in [-0.4, -0.2) is 29.8 Å². The molecule has 0 unspecified atom stereocenters. The highest BCUT2D eigenvalue weighted by molar-refractivity contribution is 5.98. The van der Waals surface area contributed by atoms with Crippen molar-refractivity contribution < 1.29 is 19.4 Å². The zero-order chi connectivity index (χ0) is 17.9. The number of ether oxygens (including phenoxy) is 2. The molecule has 1 aliphatic rings. The fraction of sp³-hybridized carbons (Fsp3) is 0.350. The quantitative estimate of drug-likeness (QED) is 0.791. The number of nitrogens with one attached hydrogen (secondary N) is 1. The molecular weight excluding hydrogens is 318 g/mol. The summed E-state index contributed by atoms with van der Waals surface area (Å²) in [5, 5.41) is 12.7. The molecule has 0 bridgehead atoms. The fourth-order valence-electron chi connectivity index (χ4n) is 2.80. The Morgan fingerprint density at radius 3 is 2.72 bits per heavy atom. The number of fused-ring (bicyclic) bond motifs is 1. The molecule has 1 aliphatic heterocycles. The fourth-order valence-corrected chi connectivity index (χ4v) is 2.80. The second kappa shape index (κ2) is 7.35. The van der Waals surface area contributed by atoms with Gasteiger partial charge in [0.15, 0.2) is 5.78 Å². The zero-order valence-corrected chi connectivity index (χ0v) is 14.5. The van der Waals surface area contributed by atoms with E-state index in [-0.39, 0.29) is 25.0 Å². The van der Waals surface area contributed by atoms with Crippen LogP contribution in [0.4, 0.5) is 0 Å². The second-order valence-corrected chi connectivity index (χ2v) is 6.56. The van der Waals surface area contributed by atoms with Crippen LogP contribution < -0.4 is 10.1 Å². The normalized spacial score (nSPS) is 16.6. The summed E-state index contributed by atoms with van der Waals surface area (Å²) < 4.78 is 11.4. The first-order valence-corrected chi connectivity index (χ1v) is 8.37. The Bertz CT molecular complexity index is 743. The molecule has 5 nitrogen and oxygen atoms in total. The van der Waals surface area contributed by atoms with E-state index < -0.39 is 5.79 Å². The number of hydrogen-bond donors (Lipinski definition) is 2. The molecule has 0 saturated heterocycles. The summed E-state index contributed by atoms with van der Waals surface area (Å²) in [6.07, 6.45) is 0. The van der Waals surface area contributed by atoms with Gasteiger partial charge < -0.3 is 19.9 Å². The number of aliphatic hydroxyl groups is 1. The summed E-state index contributed by atoms with van der Waals surface area (Å²) in [4.78, 5) is 12.5. The number of carbonyl (C=O) groups is 1. The molecule has 0 aliphatic carbocycles. The van der Waals surface area contributed by atoms with Crippen LogP contribution >= 0.6 is 0 Å². The smallest absolute Gasteiger partial charge is 0.205 e. The topological polar surface area (TPSA) is 67.8 Å². The monoisotopic (exact) mass is 341 g/mol. The number of rotatable bonds is 6. The van der Waals surface area contributed by atoms with E-state index in [4.69, 9.17) is 9.47 Å². The van der Waals surface area contributed by atoms with E-state index in [9.17, 15) is 9.90 Å². The van der Waals surface area contributed by atoms with Crippen molar-refractivity contribution in [1.29, 1.82) is 0 Å². The third kappa shape index (κ3) is 4.25. The van der Waals surface area contributed by atoms with Crippen molar-refractivity contribution in [2.45, 2.75) is 32.3 Å². The van der Waals surface area contributed by atoms with E-state index in [1.807, 2.05) is 56.3 Å². The highest BCUT2D eigenvalue weighted by Gasteiger charge is 2.27. The van der Waals surface area contributed by atoms with E-state index in [2.05, 4.69) is 5.32 Å². The molecule has 0 spiro atoms. The molecule has 1 heterocycles. The van der Waals surface area contributed by atoms with Crippen molar-refractivity contribution in [1.82, 2.24) is 5.32 Å². The predicted molar refractivity (Wildman–Crippen MR) is 94.5 cm³/mol. The van der Waals surface area contributed by atoms with Gasteiger partial charge in [-0.3, -0.25) is 4.79 Å². The Balaban J connectivity index is 1.66. The van der Waals surface area contributed by atoms with E-state index in [1.54, 1.807) is 6.07 Å². The predicted octanol–water partition coefficient (Wildman–Crippen LogP) is 2.84. The molecule has 2 N–H and O–H groups in total. The minimum absolute atomic E-state index is 0.0398. The Morgan fingerprint density at radius 1 is 1.24 bits per heavy atom. The molecule has 0 radical (unpaired) electrons. The summed E-state index contributed by atoms with van der Waals surface area (Å²) in [6.45, 7) is 4.21. The van der Waals surface area contributed by atoms with Crippen LogP contribution in [0.15, 0.2) is 48.5 Å². The molecule has 0 aromatic heterocycles. The number of Topliss-reactive ketones (excluding diaryl/α,β-unsaturated/α-hetero) is 1. The van der Waals surface area contributed by atoms with Gasteiger partial charge in [0.1, 0.15) is 5.75 Å². The first kappa shape index (κ1) is 17.6. The lowest BCUT2D eigenvalue weighted by Gasteiger charge is -2.32. The number of carbonyl (C=O) groups excluding carboxylic acids is 1. The molecule has 0 amide bonds.